The average molecular weight is 551 g/mol. The van der Waals surface area contributed by atoms with Crippen molar-refractivity contribution >= 4 is 40.5 Å². The topological polar surface area (TPSA) is 71.0 Å². The highest BCUT2D eigenvalue weighted by atomic mass is 35.5. The zero-order valence-electron chi connectivity index (χ0n) is 20.9. The molecule has 4 aliphatic rings. The van der Waals surface area contributed by atoms with Gasteiger partial charge in [0.05, 0.1) is 33.7 Å². The van der Waals surface area contributed by atoms with Crippen molar-refractivity contribution in [2.24, 2.45) is 5.92 Å². The SMILES string of the molecule is CN1C[C@]23c4c5ccc(OC(=O)Cc6ccccc6Nc6c(Cl)cccc6Cl)c4O[C@H]2[C@@H](O)CC[C@H]3[C@H]1C5. The quantitative estimate of drug-likeness (QED) is 0.321. The van der Waals surface area contributed by atoms with E-state index >= 15 is 0 Å². The first-order valence-corrected chi connectivity index (χ1v) is 13.8. The Bertz CT molecular complexity index is 1440. The fraction of sp³-hybridized carbons (Fsp3) is 0.367. The third kappa shape index (κ3) is 3.51. The normalized spacial score (nSPS) is 28.5. The number of anilines is 2. The first-order valence-electron chi connectivity index (χ1n) is 13.1. The zero-order valence-corrected chi connectivity index (χ0v) is 22.4. The van der Waals surface area contributed by atoms with E-state index in [-0.39, 0.29) is 17.9 Å². The number of carbonyl (C=O) groups excluding carboxylic acids is 1. The number of aliphatic hydroxyl groups excluding tert-OH is 1. The Kier molecular flexibility index (Phi) is 5.68. The van der Waals surface area contributed by atoms with Crippen LogP contribution in [0.5, 0.6) is 11.5 Å². The van der Waals surface area contributed by atoms with Crippen LogP contribution in [-0.4, -0.2) is 47.8 Å². The van der Waals surface area contributed by atoms with Gasteiger partial charge < -0.3 is 24.8 Å². The van der Waals surface area contributed by atoms with Gasteiger partial charge in [0.25, 0.3) is 0 Å². The largest absolute Gasteiger partial charge is 0.482 e. The summed E-state index contributed by atoms with van der Waals surface area (Å²) in [5.74, 6) is 1.10. The zero-order chi connectivity index (χ0) is 26.2. The monoisotopic (exact) mass is 550 g/mol. The molecule has 5 atom stereocenters. The lowest BCUT2D eigenvalue weighted by Gasteiger charge is -2.46. The van der Waals surface area contributed by atoms with Crippen molar-refractivity contribution in [1.29, 1.82) is 0 Å². The van der Waals surface area contributed by atoms with Crippen molar-refractivity contribution in [3.63, 3.8) is 0 Å². The molecule has 3 aromatic carbocycles. The molecule has 0 amide bonds. The molecule has 2 aliphatic heterocycles. The number of esters is 1. The van der Waals surface area contributed by atoms with Crippen molar-refractivity contribution in [3.8, 4) is 11.5 Å². The van der Waals surface area contributed by atoms with E-state index in [0.717, 1.165) is 42.6 Å². The summed E-state index contributed by atoms with van der Waals surface area (Å²) in [6, 6.07) is 17.2. The highest BCUT2D eigenvalue weighted by Crippen LogP contribution is 2.63. The van der Waals surface area contributed by atoms with E-state index in [1.165, 1.54) is 5.56 Å². The fourth-order valence-corrected chi connectivity index (χ4v) is 7.97. The second-order valence-corrected chi connectivity index (χ2v) is 11.8. The van der Waals surface area contributed by atoms with Crippen LogP contribution in [-0.2, 0) is 23.1 Å². The number of halogens is 2. The molecule has 1 saturated carbocycles. The molecule has 8 heteroatoms. The van der Waals surface area contributed by atoms with Crippen molar-refractivity contribution < 1.29 is 19.4 Å². The van der Waals surface area contributed by atoms with Crippen LogP contribution in [0.2, 0.25) is 10.0 Å². The summed E-state index contributed by atoms with van der Waals surface area (Å²) in [7, 11) is 2.17. The molecular formula is C30H28Cl2N2O4. The standard InChI is InChI=1S/C30H28Cl2N2O4/c1-34-15-30-18-10-11-23(35)29(30)38-28-24(12-9-17(26(28)30)13-22(18)34)37-25(36)14-16-5-2-3-8-21(16)33-27-19(31)6-4-7-20(27)32/h2-9,12,18,22-23,29,33,35H,10-11,13-15H2,1H3/t18-,22+,23-,29-,30-/m0/s1. The number of carbonyl (C=O) groups is 1. The van der Waals surface area contributed by atoms with E-state index in [0.29, 0.717) is 39.2 Å². The summed E-state index contributed by atoms with van der Waals surface area (Å²) in [5, 5.41) is 15.2. The Hall–Kier alpha value is -2.77. The van der Waals surface area contributed by atoms with Crippen molar-refractivity contribution in [1.82, 2.24) is 4.90 Å². The Balaban J connectivity index is 1.18. The fourth-order valence-electron chi connectivity index (χ4n) is 7.48. The number of hydrogen-bond acceptors (Lipinski definition) is 6. The van der Waals surface area contributed by atoms with E-state index in [1.54, 1.807) is 18.2 Å². The van der Waals surface area contributed by atoms with Crippen LogP contribution >= 0.6 is 23.2 Å². The predicted octanol–water partition coefficient (Wildman–Crippen LogP) is 5.52. The van der Waals surface area contributed by atoms with Crippen molar-refractivity contribution in [2.45, 2.75) is 49.3 Å². The number of likely N-dealkylation sites (N-methyl/N-ethyl adjacent to an activating group) is 1. The molecule has 2 N–H and O–H groups in total. The molecule has 2 aliphatic carbocycles. The molecule has 6 nitrogen and oxygen atoms in total. The maximum Gasteiger partial charge on any atom is 0.315 e. The number of aliphatic hydroxyl groups is 1. The Morgan fingerprint density at radius 1 is 1.13 bits per heavy atom. The summed E-state index contributed by atoms with van der Waals surface area (Å²) in [4.78, 5) is 15.7. The molecule has 0 radical (unpaired) electrons. The van der Waals surface area contributed by atoms with Gasteiger partial charge in [0.15, 0.2) is 11.5 Å². The van der Waals surface area contributed by atoms with Gasteiger partial charge in [-0.1, -0.05) is 53.5 Å². The van der Waals surface area contributed by atoms with Gasteiger partial charge in [-0.2, -0.15) is 0 Å². The molecule has 2 fully saturated rings. The molecule has 0 aromatic heterocycles. The van der Waals surface area contributed by atoms with Gasteiger partial charge in [-0.05, 0) is 67.6 Å². The number of nitrogens with one attached hydrogen (secondary N) is 1. The minimum absolute atomic E-state index is 0.0480. The van der Waals surface area contributed by atoms with E-state index in [4.69, 9.17) is 32.7 Å². The smallest absolute Gasteiger partial charge is 0.315 e. The lowest BCUT2D eigenvalue weighted by Crippen LogP contribution is -2.56. The first kappa shape index (κ1) is 24.3. The molecule has 196 valence electrons. The predicted molar refractivity (Wildman–Crippen MR) is 147 cm³/mol. The molecule has 3 aromatic rings. The molecular weight excluding hydrogens is 523 g/mol. The maximum atomic E-state index is 13.3. The highest BCUT2D eigenvalue weighted by Gasteiger charge is 2.67. The minimum atomic E-state index is -0.533. The van der Waals surface area contributed by atoms with Gasteiger partial charge in [-0.3, -0.25) is 4.79 Å². The van der Waals surface area contributed by atoms with Gasteiger partial charge in [0, 0.05) is 23.8 Å². The summed E-state index contributed by atoms with van der Waals surface area (Å²) >= 11 is 12.7. The number of hydrogen-bond donors (Lipinski definition) is 2. The summed E-state index contributed by atoms with van der Waals surface area (Å²) in [5.41, 5.74) is 4.21. The van der Waals surface area contributed by atoms with Gasteiger partial charge in [-0.25, -0.2) is 0 Å². The van der Waals surface area contributed by atoms with Crippen LogP contribution in [0.3, 0.4) is 0 Å². The Morgan fingerprint density at radius 2 is 1.92 bits per heavy atom. The van der Waals surface area contributed by atoms with Crippen LogP contribution in [0.25, 0.3) is 0 Å². The lowest BCUT2D eigenvalue weighted by atomic mass is 9.57. The number of para-hydroxylation sites is 2. The second kappa shape index (κ2) is 8.88. The molecule has 2 heterocycles. The van der Waals surface area contributed by atoms with Crippen LogP contribution in [0.15, 0.2) is 54.6 Å². The first-order chi connectivity index (χ1) is 18.4. The number of benzene rings is 3. The second-order valence-electron chi connectivity index (χ2n) is 11.0. The molecule has 1 spiro atoms. The maximum absolute atomic E-state index is 13.3. The van der Waals surface area contributed by atoms with Crippen molar-refractivity contribution in [2.75, 3.05) is 18.9 Å². The summed E-state index contributed by atoms with van der Waals surface area (Å²) in [6.45, 7) is 0.852. The van der Waals surface area contributed by atoms with Gasteiger partial charge in [-0.15, -0.1) is 0 Å². The van der Waals surface area contributed by atoms with Gasteiger partial charge in [0.1, 0.15) is 6.10 Å². The molecule has 0 unspecified atom stereocenters. The number of ether oxygens (including phenoxy) is 2. The van der Waals surface area contributed by atoms with E-state index in [1.807, 2.05) is 30.3 Å². The lowest BCUT2D eigenvalue weighted by molar-refractivity contribution is -0.133. The highest BCUT2D eigenvalue weighted by molar-refractivity contribution is 6.39. The Labute approximate surface area is 231 Å². The van der Waals surface area contributed by atoms with Crippen LogP contribution in [0, 0.1) is 5.92 Å². The number of rotatable bonds is 5. The molecule has 38 heavy (non-hydrogen) atoms. The van der Waals surface area contributed by atoms with E-state index < -0.39 is 12.1 Å². The average Bonchev–Trinajstić information content (AvgIpc) is 3.34. The van der Waals surface area contributed by atoms with Crippen LogP contribution in [0.4, 0.5) is 11.4 Å². The molecule has 2 bridgehead atoms. The third-order valence-corrected chi connectivity index (χ3v) is 9.61. The summed E-state index contributed by atoms with van der Waals surface area (Å²) in [6.07, 6.45) is 1.88. The molecule has 7 rings (SSSR count). The van der Waals surface area contributed by atoms with E-state index in [2.05, 4.69) is 23.3 Å². The number of nitrogens with zero attached hydrogens (tertiary/aromatic N) is 1. The van der Waals surface area contributed by atoms with Gasteiger partial charge in [0.2, 0.25) is 0 Å². The van der Waals surface area contributed by atoms with Crippen LogP contribution in [0.1, 0.15) is 29.5 Å². The van der Waals surface area contributed by atoms with Crippen LogP contribution < -0.4 is 14.8 Å². The minimum Gasteiger partial charge on any atom is -0.482 e. The summed E-state index contributed by atoms with van der Waals surface area (Å²) < 4.78 is 12.5. The van der Waals surface area contributed by atoms with Crippen molar-refractivity contribution in [3.05, 3.63) is 81.3 Å². The van der Waals surface area contributed by atoms with E-state index in [9.17, 15) is 9.90 Å². The third-order valence-electron chi connectivity index (χ3n) is 8.98. The number of likely N-dealkylation sites (tertiary alicyclic amines) is 1. The molecule has 1 saturated heterocycles. The van der Waals surface area contributed by atoms with Gasteiger partial charge >= 0.3 is 5.97 Å². The Morgan fingerprint density at radius 3 is 2.74 bits per heavy atom.